The van der Waals surface area contributed by atoms with Gasteiger partial charge in [-0.2, -0.15) is 0 Å². The molecule has 2 heterocycles. The maximum atomic E-state index is 11.6. The minimum atomic E-state index is -0.573. The highest BCUT2D eigenvalue weighted by molar-refractivity contribution is 8.13. The molecule has 1 N–H and O–H groups in total. The number of fused-ring (bicyclic) bond motifs is 1. The van der Waals surface area contributed by atoms with Crippen molar-refractivity contribution in [1.82, 2.24) is 5.32 Å². The van der Waals surface area contributed by atoms with Crippen LogP contribution in [0.1, 0.15) is 0 Å². The second kappa shape index (κ2) is 3.41. The first-order valence-electron chi connectivity index (χ1n) is 3.89. The first-order chi connectivity index (χ1) is 6.76. The zero-order chi connectivity index (χ0) is 10.1. The summed E-state index contributed by atoms with van der Waals surface area (Å²) in [4.78, 5) is 15.7. The summed E-state index contributed by atoms with van der Waals surface area (Å²) < 4.78 is 4.92. The van der Waals surface area contributed by atoms with Crippen LogP contribution in [0.4, 0.5) is 0 Å². The lowest BCUT2D eigenvalue weighted by Gasteiger charge is -2.17. The quantitative estimate of drug-likeness (QED) is 0.605. The first kappa shape index (κ1) is 9.20. The van der Waals surface area contributed by atoms with Gasteiger partial charge in [-0.05, 0) is 6.26 Å². The lowest BCUT2D eigenvalue weighted by Crippen LogP contribution is -2.45. The summed E-state index contributed by atoms with van der Waals surface area (Å²) in [5.74, 6) is -0.0755. The number of methoxy groups -OCH3 is 1. The second-order valence-corrected chi connectivity index (χ2v) is 3.44. The van der Waals surface area contributed by atoms with Gasteiger partial charge < -0.3 is 10.1 Å². The van der Waals surface area contributed by atoms with Gasteiger partial charge in [-0.15, -0.1) is 10.2 Å². The van der Waals surface area contributed by atoms with Gasteiger partial charge in [0.25, 0.3) is 0 Å². The van der Waals surface area contributed by atoms with E-state index in [1.165, 1.54) is 18.9 Å². The number of aliphatic imine (C=N–C) groups is 1. The Balaban J connectivity index is 2.31. The molecule has 1 unspecified atom stereocenters. The molecular formula is C7H8N4O2S. The zero-order valence-corrected chi connectivity index (χ0v) is 8.46. The van der Waals surface area contributed by atoms with Crippen molar-refractivity contribution in [2.75, 3.05) is 13.4 Å². The standard InChI is InChI=1S/C7H8N4O2S/c1-13-6-3-4(10-11-6)8-7(14-2)9-5(3)12/h3H,1-2H3,(H,8,9,10,12). The number of amides is 1. The summed E-state index contributed by atoms with van der Waals surface area (Å²) >= 11 is 1.35. The number of hydrogen-bond acceptors (Lipinski definition) is 6. The summed E-state index contributed by atoms with van der Waals surface area (Å²) in [5.41, 5.74) is 0. The van der Waals surface area contributed by atoms with Gasteiger partial charge in [0.2, 0.25) is 11.8 Å². The Kier molecular flexibility index (Phi) is 2.24. The summed E-state index contributed by atoms with van der Waals surface area (Å²) in [6, 6.07) is 0. The maximum absolute atomic E-state index is 11.6. The Bertz CT molecular complexity index is 374. The molecule has 0 aromatic rings. The van der Waals surface area contributed by atoms with Gasteiger partial charge in [0.1, 0.15) is 0 Å². The van der Waals surface area contributed by atoms with Gasteiger partial charge in [0, 0.05) is 0 Å². The second-order valence-electron chi connectivity index (χ2n) is 2.64. The third kappa shape index (κ3) is 1.29. The lowest BCUT2D eigenvalue weighted by molar-refractivity contribution is -0.120. The molecule has 2 aliphatic rings. The predicted molar refractivity (Wildman–Crippen MR) is 54.5 cm³/mol. The van der Waals surface area contributed by atoms with E-state index in [1.807, 2.05) is 6.26 Å². The molecule has 0 aromatic heterocycles. The molecular weight excluding hydrogens is 204 g/mol. The number of carbonyl (C=O) groups excluding carboxylic acids is 1. The number of rotatable bonds is 0. The van der Waals surface area contributed by atoms with E-state index < -0.39 is 5.92 Å². The smallest absolute Gasteiger partial charge is 0.246 e. The van der Waals surface area contributed by atoms with E-state index in [2.05, 4.69) is 20.5 Å². The van der Waals surface area contributed by atoms with E-state index in [9.17, 15) is 4.79 Å². The number of hydrogen-bond donors (Lipinski definition) is 1. The fraction of sp³-hybridized carbons (Fsp3) is 0.429. The number of amidine groups is 2. The van der Waals surface area contributed by atoms with E-state index in [-0.39, 0.29) is 5.91 Å². The lowest BCUT2D eigenvalue weighted by atomic mass is 10.1. The first-order valence-corrected chi connectivity index (χ1v) is 5.11. The summed E-state index contributed by atoms with van der Waals surface area (Å²) in [7, 11) is 1.46. The molecule has 0 saturated carbocycles. The van der Waals surface area contributed by atoms with Crippen molar-refractivity contribution < 1.29 is 9.53 Å². The minimum absolute atomic E-state index is 0.193. The number of nitrogens with one attached hydrogen (secondary N) is 1. The highest BCUT2D eigenvalue weighted by Crippen LogP contribution is 2.18. The molecule has 0 spiro atoms. The van der Waals surface area contributed by atoms with Gasteiger partial charge in [-0.3, -0.25) is 4.79 Å². The van der Waals surface area contributed by atoms with Crippen LogP contribution in [0.25, 0.3) is 0 Å². The Morgan fingerprint density at radius 3 is 2.93 bits per heavy atom. The van der Waals surface area contributed by atoms with Gasteiger partial charge in [0.15, 0.2) is 16.9 Å². The van der Waals surface area contributed by atoms with Gasteiger partial charge in [0.05, 0.1) is 7.11 Å². The van der Waals surface area contributed by atoms with Crippen LogP contribution in [0.5, 0.6) is 0 Å². The molecule has 0 saturated heterocycles. The van der Waals surface area contributed by atoms with E-state index in [1.54, 1.807) is 0 Å². The predicted octanol–water partition coefficient (Wildman–Crippen LogP) is -0.177. The Hall–Kier alpha value is -1.37. The van der Waals surface area contributed by atoms with Crippen LogP contribution in [0.2, 0.25) is 0 Å². The van der Waals surface area contributed by atoms with Crippen molar-refractivity contribution in [3.8, 4) is 0 Å². The largest absolute Gasteiger partial charge is 0.482 e. The number of ether oxygens (including phenoxy) is 1. The van der Waals surface area contributed by atoms with Gasteiger partial charge in [-0.25, -0.2) is 4.99 Å². The summed E-state index contributed by atoms with van der Waals surface area (Å²) in [5, 5.41) is 10.7. The third-order valence-electron chi connectivity index (χ3n) is 1.87. The minimum Gasteiger partial charge on any atom is -0.482 e. The van der Waals surface area contributed by atoms with Gasteiger partial charge >= 0.3 is 0 Å². The highest BCUT2D eigenvalue weighted by atomic mass is 32.2. The molecule has 14 heavy (non-hydrogen) atoms. The maximum Gasteiger partial charge on any atom is 0.246 e. The fourth-order valence-corrected chi connectivity index (χ4v) is 1.60. The molecule has 0 fully saturated rings. The van der Waals surface area contributed by atoms with Crippen LogP contribution < -0.4 is 5.32 Å². The normalized spacial score (nSPS) is 24.6. The molecule has 0 bridgehead atoms. The molecule has 2 rings (SSSR count). The highest BCUT2D eigenvalue weighted by Gasteiger charge is 2.38. The summed E-state index contributed by atoms with van der Waals surface area (Å²) in [6.45, 7) is 0. The monoisotopic (exact) mass is 212 g/mol. The van der Waals surface area contributed by atoms with Crippen LogP contribution in [-0.2, 0) is 9.53 Å². The van der Waals surface area contributed by atoms with Crippen LogP contribution in [0, 0.1) is 5.92 Å². The van der Waals surface area contributed by atoms with E-state index in [4.69, 9.17) is 4.74 Å². The van der Waals surface area contributed by atoms with Crippen molar-refractivity contribution in [3.63, 3.8) is 0 Å². The summed E-state index contributed by atoms with van der Waals surface area (Å²) in [6.07, 6.45) is 1.83. The third-order valence-corrected chi connectivity index (χ3v) is 2.45. The molecule has 6 nitrogen and oxygen atoms in total. The molecule has 2 aliphatic heterocycles. The average molecular weight is 212 g/mol. The van der Waals surface area contributed by atoms with Crippen LogP contribution in [-0.4, -0.2) is 36.2 Å². The molecule has 74 valence electrons. The number of carbonyl (C=O) groups is 1. The van der Waals surface area contributed by atoms with Crippen molar-refractivity contribution in [1.29, 1.82) is 0 Å². The van der Waals surface area contributed by atoms with Crippen LogP contribution >= 0.6 is 11.8 Å². The Labute approximate surface area is 84.5 Å². The van der Waals surface area contributed by atoms with Crippen molar-refractivity contribution in [3.05, 3.63) is 0 Å². The van der Waals surface area contributed by atoms with Gasteiger partial charge in [-0.1, -0.05) is 11.8 Å². The Morgan fingerprint density at radius 2 is 2.29 bits per heavy atom. The van der Waals surface area contributed by atoms with Crippen molar-refractivity contribution >= 4 is 34.6 Å². The topological polar surface area (TPSA) is 75.4 Å². The van der Waals surface area contributed by atoms with E-state index in [0.717, 1.165) is 0 Å². The van der Waals surface area contributed by atoms with Crippen LogP contribution in [0.3, 0.4) is 0 Å². The fourth-order valence-electron chi connectivity index (χ4n) is 1.21. The van der Waals surface area contributed by atoms with Crippen LogP contribution in [0.15, 0.2) is 15.2 Å². The van der Waals surface area contributed by atoms with Crippen molar-refractivity contribution in [2.45, 2.75) is 0 Å². The van der Waals surface area contributed by atoms with E-state index in [0.29, 0.717) is 16.9 Å². The van der Waals surface area contributed by atoms with E-state index >= 15 is 0 Å². The molecule has 0 aliphatic carbocycles. The Morgan fingerprint density at radius 1 is 1.50 bits per heavy atom. The molecule has 7 heteroatoms. The number of thioether (sulfide) groups is 1. The van der Waals surface area contributed by atoms with Crippen molar-refractivity contribution in [2.24, 2.45) is 21.1 Å². The SMILES string of the molecule is COC1=NN=C2N=C(SC)NC(=O)C21. The average Bonchev–Trinajstić information content (AvgIpc) is 2.61. The molecule has 1 amide bonds. The zero-order valence-electron chi connectivity index (χ0n) is 7.64. The molecule has 1 atom stereocenters. The number of nitrogens with zero attached hydrogens (tertiary/aromatic N) is 3. The molecule has 0 aromatic carbocycles. The molecule has 0 radical (unpaired) electrons.